The van der Waals surface area contributed by atoms with Crippen LogP contribution in [-0.2, 0) is 9.53 Å². The lowest BCUT2D eigenvalue weighted by atomic mass is 10.2. The Balaban J connectivity index is 3.12. The first-order chi connectivity index (χ1) is 6.65. The number of esters is 1. The molecule has 0 aromatic heterocycles. The minimum atomic E-state index is -0.423. The maximum Gasteiger partial charge on any atom is 0.337 e. The number of hydrogen-bond acceptors (Lipinski definition) is 2. The average molecular weight is 188 g/mol. The molecule has 0 atom stereocenters. The van der Waals surface area contributed by atoms with Gasteiger partial charge in [0.2, 0.25) is 0 Å². The molecule has 2 heteroatoms. The molecule has 1 aromatic carbocycles. The number of ether oxygens (including phenoxy) is 1. The van der Waals surface area contributed by atoms with Crippen LogP contribution in [0.15, 0.2) is 36.4 Å². The number of rotatable bonds is 2. The van der Waals surface area contributed by atoms with Crippen LogP contribution < -0.4 is 10.4 Å². The molecule has 0 N–H and O–H groups in total. The van der Waals surface area contributed by atoms with Crippen LogP contribution in [0.25, 0.3) is 12.7 Å². The van der Waals surface area contributed by atoms with Gasteiger partial charge in [-0.3, -0.25) is 0 Å². The number of benzene rings is 1. The highest BCUT2D eigenvalue weighted by atomic mass is 16.5. The molecule has 0 heterocycles. The summed E-state index contributed by atoms with van der Waals surface area (Å²) in [5.74, 6) is -0.423. The van der Waals surface area contributed by atoms with Gasteiger partial charge in [0.05, 0.1) is 12.7 Å². The second-order valence-electron chi connectivity index (χ2n) is 2.86. The number of carbonyl (C=O) groups excluding carboxylic acids is 1. The van der Waals surface area contributed by atoms with E-state index in [0.29, 0.717) is 5.57 Å². The molecule has 0 amide bonds. The van der Waals surface area contributed by atoms with Gasteiger partial charge in [-0.15, -0.1) is 0 Å². The van der Waals surface area contributed by atoms with Crippen LogP contribution in [0.1, 0.15) is 0 Å². The normalized spacial score (nSPS) is 11.1. The van der Waals surface area contributed by atoms with E-state index in [9.17, 15) is 4.79 Å². The van der Waals surface area contributed by atoms with Crippen LogP contribution in [0, 0.1) is 0 Å². The second-order valence-corrected chi connectivity index (χ2v) is 2.86. The largest absolute Gasteiger partial charge is 0.465 e. The molecule has 0 radical (unpaired) electrons. The van der Waals surface area contributed by atoms with Crippen molar-refractivity contribution in [2.75, 3.05) is 7.11 Å². The van der Waals surface area contributed by atoms with Crippen molar-refractivity contribution in [2.24, 2.45) is 0 Å². The van der Waals surface area contributed by atoms with Gasteiger partial charge in [0.1, 0.15) is 0 Å². The molecule has 0 aliphatic carbocycles. The van der Waals surface area contributed by atoms with E-state index in [1.165, 1.54) is 7.11 Å². The summed E-state index contributed by atoms with van der Waals surface area (Å²) < 4.78 is 4.53. The van der Waals surface area contributed by atoms with Crippen LogP contribution in [0.3, 0.4) is 0 Å². The molecule has 0 aliphatic rings. The lowest BCUT2D eigenvalue weighted by Crippen LogP contribution is -2.22. The lowest BCUT2D eigenvalue weighted by molar-refractivity contribution is -0.135. The number of methoxy groups -OCH3 is 1. The summed E-state index contributed by atoms with van der Waals surface area (Å²) in [5.41, 5.74) is 0.323. The van der Waals surface area contributed by atoms with Crippen molar-refractivity contribution in [3.63, 3.8) is 0 Å². The Bertz CT molecular complexity index is 457. The fraction of sp³-hybridized carbons (Fsp3) is 0.0833. The second kappa shape index (κ2) is 4.42. The zero-order valence-electron chi connectivity index (χ0n) is 8.12. The monoisotopic (exact) mass is 188 g/mol. The minimum absolute atomic E-state index is 0.323. The Morgan fingerprint density at radius 3 is 2.64 bits per heavy atom. The van der Waals surface area contributed by atoms with E-state index in [0.717, 1.165) is 10.4 Å². The summed E-state index contributed by atoms with van der Waals surface area (Å²) in [6, 6.07) is 7.51. The highest BCUT2D eigenvalue weighted by molar-refractivity contribution is 5.96. The van der Waals surface area contributed by atoms with Crippen molar-refractivity contribution >= 4 is 18.6 Å². The minimum Gasteiger partial charge on any atom is -0.465 e. The Hall–Kier alpha value is -1.83. The van der Waals surface area contributed by atoms with Crippen LogP contribution in [0.2, 0.25) is 0 Å². The Morgan fingerprint density at radius 2 is 2.07 bits per heavy atom. The maximum atomic E-state index is 11.1. The van der Waals surface area contributed by atoms with E-state index in [2.05, 4.69) is 17.9 Å². The molecule has 72 valence electrons. The van der Waals surface area contributed by atoms with Gasteiger partial charge >= 0.3 is 5.97 Å². The van der Waals surface area contributed by atoms with Crippen molar-refractivity contribution < 1.29 is 9.53 Å². The van der Waals surface area contributed by atoms with Gasteiger partial charge in [-0.25, -0.2) is 4.79 Å². The van der Waals surface area contributed by atoms with Crippen LogP contribution in [0.4, 0.5) is 0 Å². The Labute approximate surface area is 82.8 Å². The first kappa shape index (κ1) is 10.3. The Kier molecular flexibility index (Phi) is 3.24. The topological polar surface area (TPSA) is 26.3 Å². The fourth-order valence-electron chi connectivity index (χ4n) is 1.05. The molecule has 0 fully saturated rings. The molecule has 1 aromatic rings. The lowest BCUT2D eigenvalue weighted by Gasteiger charge is -1.96. The van der Waals surface area contributed by atoms with E-state index < -0.39 is 5.97 Å². The van der Waals surface area contributed by atoms with E-state index >= 15 is 0 Å². The van der Waals surface area contributed by atoms with E-state index in [1.54, 1.807) is 6.08 Å². The quantitative estimate of drug-likeness (QED) is 0.502. The molecule has 14 heavy (non-hydrogen) atoms. The highest BCUT2D eigenvalue weighted by Gasteiger charge is 2.01. The van der Waals surface area contributed by atoms with Gasteiger partial charge in [0.25, 0.3) is 0 Å². The fourth-order valence-corrected chi connectivity index (χ4v) is 1.05. The van der Waals surface area contributed by atoms with Gasteiger partial charge in [-0.05, 0) is 16.5 Å². The number of carbonyl (C=O) groups is 1. The van der Waals surface area contributed by atoms with Crippen molar-refractivity contribution in [2.45, 2.75) is 0 Å². The molecule has 0 bridgehead atoms. The molecule has 0 unspecified atom stereocenters. The molecule has 1 rings (SSSR count). The summed E-state index contributed by atoms with van der Waals surface area (Å²) in [6.45, 7) is 7.44. The van der Waals surface area contributed by atoms with Crippen molar-refractivity contribution in [3.05, 3.63) is 46.9 Å². The van der Waals surface area contributed by atoms with Gasteiger partial charge < -0.3 is 4.74 Å². The summed E-state index contributed by atoms with van der Waals surface area (Å²) in [6.07, 6.45) is 1.66. The van der Waals surface area contributed by atoms with Crippen molar-refractivity contribution in [1.29, 1.82) is 0 Å². The molecule has 0 aliphatic heterocycles. The van der Waals surface area contributed by atoms with Crippen LogP contribution in [-0.4, -0.2) is 13.1 Å². The van der Waals surface area contributed by atoms with Crippen LogP contribution >= 0.6 is 0 Å². The first-order valence-corrected chi connectivity index (χ1v) is 4.18. The van der Waals surface area contributed by atoms with E-state index in [-0.39, 0.29) is 0 Å². The summed E-state index contributed by atoms with van der Waals surface area (Å²) in [7, 11) is 1.33. The SMILES string of the molecule is C=C(/C=c1/ccccc1=C)C(=O)OC. The summed E-state index contributed by atoms with van der Waals surface area (Å²) >= 11 is 0. The highest BCUT2D eigenvalue weighted by Crippen LogP contribution is 1.93. The first-order valence-electron chi connectivity index (χ1n) is 4.18. The third-order valence-corrected chi connectivity index (χ3v) is 1.83. The van der Waals surface area contributed by atoms with Gasteiger partial charge in [0, 0.05) is 0 Å². The molecular formula is C12H12O2. The van der Waals surface area contributed by atoms with Crippen molar-refractivity contribution in [3.8, 4) is 0 Å². The number of hydrogen-bond donors (Lipinski definition) is 0. The van der Waals surface area contributed by atoms with E-state index in [1.807, 2.05) is 24.3 Å². The molecule has 0 saturated carbocycles. The van der Waals surface area contributed by atoms with Gasteiger partial charge in [-0.2, -0.15) is 0 Å². The zero-order valence-corrected chi connectivity index (χ0v) is 8.12. The molecule has 2 nitrogen and oxygen atoms in total. The smallest absolute Gasteiger partial charge is 0.337 e. The Morgan fingerprint density at radius 1 is 1.43 bits per heavy atom. The zero-order chi connectivity index (χ0) is 10.6. The third kappa shape index (κ3) is 2.33. The third-order valence-electron chi connectivity index (χ3n) is 1.83. The molecule has 0 spiro atoms. The molecule has 0 saturated heterocycles. The average Bonchev–Trinajstić information content (AvgIpc) is 2.20. The summed E-state index contributed by atoms with van der Waals surface area (Å²) in [5, 5.41) is 1.74. The van der Waals surface area contributed by atoms with Gasteiger partial charge in [0.15, 0.2) is 0 Å². The summed E-state index contributed by atoms with van der Waals surface area (Å²) in [4.78, 5) is 11.1. The predicted octanol–water partition coefficient (Wildman–Crippen LogP) is 0.607. The standard InChI is InChI=1S/C12H12O2/c1-9-6-4-5-7-11(9)8-10(2)12(13)14-3/h4-8H,1-2H2,3H3/b11-8-. The predicted molar refractivity (Wildman–Crippen MR) is 56.8 cm³/mol. The maximum absolute atomic E-state index is 11.1. The van der Waals surface area contributed by atoms with Crippen LogP contribution in [0.5, 0.6) is 0 Å². The van der Waals surface area contributed by atoms with Gasteiger partial charge in [-0.1, -0.05) is 37.4 Å². The van der Waals surface area contributed by atoms with E-state index in [4.69, 9.17) is 0 Å². The van der Waals surface area contributed by atoms with Crippen molar-refractivity contribution in [1.82, 2.24) is 0 Å². The molecular weight excluding hydrogens is 176 g/mol.